The Morgan fingerprint density at radius 2 is 2.28 bits per heavy atom. The number of hydrogen-bond donors (Lipinski definition) is 1. The van der Waals surface area contributed by atoms with Gasteiger partial charge in [0.2, 0.25) is 5.89 Å². The van der Waals surface area contributed by atoms with Crippen molar-refractivity contribution >= 4 is 5.97 Å². The molecule has 2 rings (SSSR count). The molecule has 100 valence electrons. The molecule has 1 aliphatic carbocycles. The van der Waals surface area contributed by atoms with Crippen molar-refractivity contribution in [2.45, 2.75) is 45.7 Å². The molecule has 6 nitrogen and oxygen atoms in total. The van der Waals surface area contributed by atoms with E-state index in [1.165, 1.54) is 0 Å². The Labute approximate surface area is 106 Å². The average Bonchev–Trinajstić information content (AvgIpc) is 3.00. The van der Waals surface area contributed by atoms with Crippen LogP contribution in [0.25, 0.3) is 0 Å². The van der Waals surface area contributed by atoms with Gasteiger partial charge in [0.1, 0.15) is 0 Å². The third-order valence-electron chi connectivity index (χ3n) is 2.84. The van der Waals surface area contributed by atoms with Crippen LogP contribution in [0.4, 0.5) is 0 Å². The molecule has 1 fully saturated rings. The summed E-state index contributed by atoms with van der Waals surface area (Å²) in [6.45, 7) is 4.66. The molecule has 0 aromatic carbocycles. The number of rotatable bonds is 7. The van der Waals surface area contributed by atoms with Gasteiger partial charge >= 0.3 is 5.97 Å². The second kappa shape index (κ2) is 5.48. The van der Waals surface area contributed by atoms with E-state index in [1.807, 2.05) is 4.90 Å². The Morgan fingerprint density at radius 3 is 2.83 bits per heavy atom. The molecular weight excluding hydrogens is 234 g/mol. The van der Waals surface area contributed by atoms with E-state index < -0.39 is 5.97 Å². The Kier molecular flexibility index (Phi) is 3.96. The van der Waals surface area contributed by atoms with E-state index in [-0.39, 0.29) is 6.54 Å². The molecule has 0 amide bonds. The molecule has 6 heteroatoms. The Morgan fingerprint density at radius 1 is 1.56 bits per heavy atom. The summed E-state index contributed by atoms with van der Waals surface area (Å²) >= 11 is 0. The standard InChI is InChI=1S/C12H19N3O3/c1-8(2)5-10-13-11(18-14-10)6-15(7-12(16)17)9-3-4-9/h8-9H,3-7H2,1-2H3,(H,16,17). The summed E-state index contributed by atoms with van der Waals surface area (Å²) in [4.78, 5) is 17.0. The number of nitrogens with zero attached hydrogens (tertiary/aromatic N) is 3. The molecule has 1 heterocycles. The number of carbonyl (C=O) groups is 1. The van der Waals surface area contributed by atoms with E-state index >= 15 is 0 Å². The van der Waals surface area contributed by atoms with Gasteiger partial charge in [-0.25, -0.2) is 0 Å². The summed E-state index contributed by atoms with van der Waals surface area (Å²) in [6, 6.07) is 0.363. The monoisotopic (exact) mass is 253 g/mol. The van der Waals surface area contributed by atoms with Crippen LogP contribution < -0.4 is 0 Å². The summed E-state index contributed by atoms with van der Waals surface area (Å²) < 4.78 is 5.16. The molecule has 1 saturated carbocycles. The summed E-state index contributed by atoms with van der Waals surface area (Å²) in [5, 5.41) is 12.8. The van der Waals surface area contributed by atoms with E-state index in [0.29, 0.717) is 30.2 Å². The molecule has 0 atom stereocenters. The molecular formula is C12H19N3O3. The van der Waals surface area contributed by atoms with Gasteiger partial charge in [0.25, 0.3) is 0 Å². The van der Waals surface area contributed by atoms with E-state index in [1.54, 1.807) is 0 Å². The number of aromatic nitrogens is 2. The SMILES string of the molecule is CC(C)Cc1noc(CN(CC(=O)O)C2CC2)n1. The first-order valence-electron chi connectivity index (χ1n) is 6.32. The zero-order chi connectivity index (χ0) is 13.1. The van der Waals surface area contributed by atoms with Crippen LogP contribution in [0.3, 0.4) is 0 Å². The highest BCUT2D eigenvalue weighted by molar-refractivity contribution is 5.69. The minimum Gasteiger partial charge on any atom is -0.480 e. The summed E-state index contributed by atoms with van der Waals surface area (Å²) in [7, 11) is 0. The second-order valence-corrected chi connectivity index (χ2v) is 5.23. The lowest BCUT2D eigenvalue weighted by atomic mass is 10.1. The van der Waals surface area contributed by atoms with Crippen LogP contribution in [0.15, 0.2) is 4.52 Å². The lowest BCUT2D eigenvalue weighted by Gasteiger charge is -2.16. The molecule has 18 heavy (non-hydrogen) atoms. The number of aliphatic carboxylic acids is 1. The van der Waals surface area contributed by atoms with E-state index in [0.717, 1.165) is 19.3 Å². The van der Waals surface area contributed by atoms with Gasteiger partial charge < -0.3 is 9.63 Å². The van der Waals surface area contributed by atoms with Gasteiger partial charge in [-0.2, -0.15) is 4.98 Å². The second-order valence-electron chi connectivity index (χ2n) is 5.23. The van der Waals surface area contributed by atoms with Crippen LogP contribution in [0.2, 0.25) is 0 Å². The van der Waals surface area contributed by atoms with Crippen LogP contribution in [0, 0.1) is 5.92 Å². The van der Waals surface area contributed by atoms with Crippen molar-refractivity contribution in [2.24, 2.45) is 5.92 Å². The largest absolute Gasteiger partial charge is 0.480 e. The molecule has 0 radical (unpaired) electrons. The Hall–Kier alpha value is -1.43. The van der Waals surface area contributed by atoms with Crippen molar-refractivity contribution in [1.82, 2.24) is 15.0 Å². The Balaban J connectivity index is 1.93. The zero-order valence-corrected chi connectivity index (χ0v) is 10.8. The predicted octanol–water partition coefficient (Wildman–Crippen LogP) is 1.32. The molecule has 1 aromatic rings. The van der Waals surface area contributed by atoms with Crippen molar-refractivity contribution < 1.29 is 14.4 Å². The molecule has 0 aliphatic heterocycles. The van der Waals surface area contributed by atoms with Crippen LogP contribution in [0.1, 0.15) is 38.4 Å². The number of hydrogen-bond acceptors (Lipinski definition) is 5. The maximum atomic E-state index is 10.8. The fraction of sp³-hybridized carbons (Fsp3) is 0.750. The maximum absolute atomic E-state index is 10.8. The smallest absolute Gasteiger partial charge is 0.317 e. The van der Waals surface area contributed by atoms with Crippen LogP contribution in [-0.4, -0.2) is 38.7 Å². The highest BCUT2D eigenvalue weighted by Gasteiger charge is 2.31. The van der Waals surface area contributed by atoms with Gasteiger partial charge in [-0.05, 0) is 18.8 Å². The quantitative estimate of drug-likeness (QED) is 0.789. The number of carboxylic acid groups (broad SMARTS) is 1. The minimum absolute atomic E-state index is 0.0343. The van der Waals surface area contributed by atoms with Crippen molar-refractivity contribution in [1.29, 1.82) is 0 Å². The first kappa shape index (κ1) is 13.0. The van der Waals surface area contributed by atoms with Gasteiger partial charge in [0.05, 0.1) is 13.1 Å². The minimum atomic E-state index is -0.816. The topological polar surface area (TPSA) is 79.5 Å². The molecule has 1 aliphatic rings. The lowest BCUT2D eigenvalue weighted by Crippen LogP contribution is -2.31. The summed E-state index contributed by atoms with van der Waals surface area (Å²) in [6.07, 6.45) is 2.90. The fourth-order valence-electron chi connectivity index (χ4n) is 1.90. The third kappa shape index (κ3) is 3.80. The van der Waals surface area contributed by atoms with Crippen molar-refractivity contribution in [2.75, 3.05) is 6.54 Å². The summed E-state index contributed by atoms with van der Waals surface area (Å²) in [5.41, 5.74) is 0. The zero-order valence-electron chi connectivity index (χ0n) is 10.8. The maximum Gasteiger partial charge on any atom is 0.317 e. The van der Waals surface area contributed by atoms with E-state index in [9.17, 15) is 4.79 Å². The molecule has 0 bridgehead atoms. The van der Waals surface area contributed by atoms with Gasteiger partial charge in [0, 0.05) is 12.5 Å². The van der Waals surface area contributed by atoms with Gasteiger partial charge in [-0.15, -0.1) is 0 Å². The van der Waals surface area contributed by atoms with Crippen LogP contribution >= 0.6 is 0 Å². The van der Waals surface area contributed by atoms with Crippen LogP contribution in [-0.2, 0) is 17.8 Å². The molecule has 1 aromatic heterocycles. The highest BCUT2D eigenvalue weighted by Crippen LogP contribution is 2.27. The molecule has 0 spiro atoms. The molecule has 0 saturated heterocycles. The van der Waals surface area contributed by atoms with Crippen LogP contribution in [0.5, 0.6) is 0 Å². The third-order valence-corrected chi connectivity index (χ3v) is 2.84. The normalized spacial score (nSPS) is 15.6. The van der Waals surface area contributed by atoms with E-state index in [2.05, 4.69) is 24.0 Å². The van der Waals surface area contributed by atoms with Crippen molar-refractivity contribution in [3.05, 3.63) is 11.7 Å². The van der Waals surface area contributed by atoms with Crippen molar-refractivity contribution in [3.63, 3.8) is 0 Å². The molecule has 1 N–H and O–H groups in total. The average molecular weight is 253 g/mol. The first-order chi connectivity index (χ1) is 8.54. The van der Waals surface area contributed by atoms with E-state index in [4.69, 9.17) is 9.63 Å². The first-order valence-corrected chi connectivity index (χ1v) is 6.32. The van der Waals surface area contributed by atoms with Gasteiger partial charge in [-0.1, -0.05) is 19.0 Å². The fourth-order valence-corrected chi connectivity index (χ4v) is 1.90. The lowest BCUT2D eigenvalue weighted by molar-refractivity contribution is -0.138. The highest BCUT2D eigenvalue weighted by atomic mass is 16.5. The Bertz CT molecular complexity index is 412. The summed E-state index contributed by atoms with van der Waals surface area (Å²) in [5.74, 6) is 0.877. The predicted molar refractivity (Wildman–Crippen MR) is 63.9 cm³/mol. The number of carboxylic acids is 1. The molecule has 0 unspecified atom stereocenters. The van der Waals surface area contributed by atoms with Gasteiger partial charge in [0.15, 0.2) is 5.82 Å². The van der Waals surface area contributed by atoms with Crippen molar-refractivity contribution in [3.8, 4) is 0 Å². The van der Waals surface area contributed by atoms with Gasteiger partial charge in [-0.3, -0.25) is 9.69 Å².